The van der Waals surface area contributed by atoms with E-state index in [-0.39, 0.29) is 22.8 Å². The van der Waals surface area contributed by atoms with Gasteiger partial charge in [0.25, 0.3) is 0 Å². The highest BCUT2D eigenvalue weighted by atomic mass is 35.5. The van der Waals surface area contributed by atoms with Gasteiger partial charge >= 0.3 is 5.97 Å². The summed E-state index contributed by atoms with van der Waals surface area (Å²) in [7, 11) is 4.54. The zero-order chi connectivity index (χ0) is 27.1. The predicted molar refractivity (Wildman–Crippen MR) is 147 cm³/mol. The Morgan fingerprint density at radius 1 is 0.816 bits per heavy atom. The first-order chi connectivity index (χ1) is 18.4. The maximum atomic E-state index is 14.3. The van der Waals surface area contributed by atoms with Crippen LogP contribution in [0.4, 0.5) is 4.39 Å². The van der Waals surface area contributed by atoms with Crippen LogP contribution in [0.5, 0.6) is 17.2 Å². The van der Waals surface area contributed by atoms with E-state index in [1.54, 1.807) is 24.3 Å². The molecule has 0 atom stereocenters. The van der Waals surface area contributed by atoms with Gasteiger partial charge in [-0.05, 0) is 52.6 Å². The van der Waals surface area contributed by atoms with E-state index in [0.717, 1.165) is 11.1 Å². The van der Waals surface area contributed by atoms with Crippen molar-refractivity contribution in [2.45, 2.75) is 6.61 Å². The first-order valence-electron chi connectivity index (χ1n) is 11.7. The molecule has 0 unspecified atom stereocenters. The van der Waals surface area contributed by atoms with Crippen molar-refractivity contribution in [3.8, 4) is 28.4 Å². The molecule has 4 aromatic rings. The molecule has 0 fully saturated rings. The Bertz CT molecular complexity index is 1400. The van der Waals surface area contributed by atoms with Gasteiger partial charge in [0.15, 0.2) is 11.5 Å². The lowest BCUT2D eigenvalue weighted by Gasteiger charge is -2.14. The number of hydrogen-bond donors (Lipinski definition) is 0. The predicted octanol–water partition coefficient (Wildman–Crippen LogP) is 7.46. The summed E-state index contributed by atoms with van der Waals surface area (Å²) in [4.78, 5) is 13.4. The SMILES string of the molecule is COc1cc(C=C(C(=O)OCc2c(F)cccc2Cl)c2ccc(-c3ccccc3)cc2)cc(OC)c1OC. The third-order valence-corrected chi connectivity index (χ3v) is 6.28. The van der Waals surface area contributed by atoms with Gasteiger partial charge in [0, 0.05) is 5.56 Å². The van der Waals surface area contributed by atoms with Crippen LogP contribution >= 0.6 is 11.6 Å². The van der Waals surface area contributed by atoms with Gasteiger partial charge in [0.2, 0.25) is 5.75 Å². The van der Waals surface area contributed by atoms with Crippen molar-refractivity contribution in [3.63, 3.8) is 0 Å². The fraction of sp³-hybridized carbons (Fsp3) is 0.129. The number of rotatable bonds is 9. The van der Waals surface area contributed by atoms with Gasteiger partial charge in [-0.1, -0.05) is 72.3 Å². The first kappa shape index (κ1) is 26.8. The average molecular weight is 533 g/mol. The number of methoxy groups -OCH3 is 3. The van der Waals surface area contributed by atoms with E-state index in [0.29, 0.717) is 28.4 Å². The Kier molecular flexibility index (Phi) is 8.66. The lowest BCUT2D eigenvalue weighted by atomic mass is 9.98. The highest BCUT2D eigenvalue weighted by Gasteiger charge is 2.19. The van der Waals surface area contributed by atoms with Crippen molar-refractivity contribution in [1.82, 2.24) is 0 Å². The molecule has 0 saturated carbocycles. The summed E-state index contributed by atoms with van der Waals surface area (Å²) in [6.07, 6.45) is 1.66. The monoisotopic (exact) mass is 532 g/mol. The number of ether oxygens (including phenoxy) is 4. The standard InChI is InChI=1S/C31H26ClFO5/c1-35-28-17-20(18-29(36-2)30(28)37-3)16-24(31(34)38-19-25-26(32)10-7-11-27(25)33)23-14-12-22(13-15-23)21-8-5-4-6-9-21/h4-18H,19H2,1-3H3. The molecule has 0 amide bonds. The van der Waals surface area contributed by atoms with Crippen molar-refractivity contribution in [1.29, 1.82) is 0 Å². The minimum atomic E-state index is -0.648. The second-order valence-electron chi connectivity index (χ2n) is 8.24. The number of hydrogen-bond acceptors (Lipinski definition) is 5. The Morgan fingerprint density at radius 3 is 2.03 bits per heavy atom. The lowest BCUT2D eigenvalue weighted by molar-refractivity contribution is -0.137. The van der Waals surface area contributed by atoms with Crippen molar-refractivity contribution in [2.24, 2.45) is 0 Å². The number of benzene rings is 4. The fourth-order valence-electron chi connectivity index (χ4n) is 3.97. The van der Waals surface area contributed by atoms with E-state index in [4.69, 9.17) is 30.5 Å². The van der Waals surface area contributed by atoms with Crippen molar-refractivity contribution >= 4 is 29.2 Å². The highest BCUT2D eigenvalue weighted by molar-refractivity contribution is 6.31. The van der Waals surface area contributed by atoms with Gasteiger partial charge in [-0.2, -0.15) is 0 Å². The first-order valence-corrected chi connectivity index (χ1v) is 12.1. The molecular formula is C31H26ClFO5. The van der Waals surface area contributed by atoms with Gasteiger partial charge in [0.05, 0.1) is 31.9 Å². The van der Waals surface area contributed by atoms with E-state index >= 15 is 0 Å². The molecule has 7 heteroatoms. The van der Waals surface area contributed by atoms with Gasteiger partial charge < -0.3 is 18.9 Å². The van der Waals surface area contributed by atoms with Crippen LogP contribution in [0.3, 0.4) is 0 Å². The number of carbonyl (C=O) groups excluding carboxylic acids is 1. The maximum Gasteiger partial charge on any atom is 0.339 e. The number of halogens is 2. The molecule has 4 aromatic carbocycles. The minimum absolute atomic E-state index is 0.106. The quantitative estimate of drug-likeness (QED) is 0.127. The molecule has 0 aliphatic heterocycles. The van der Waals surface area contributed by atoms with E-state index in [1.807, 2.05) is 54.6 Å². The van der Waals surface area contributed by atoms with Crippen LogP contribution in [0.25, 0.3) is 22.8 Å². The van der Waals surface area contributed by atoms with Crippen LogP contribution in [0.15, 0.2) is 84.9 Å². The second-order valence-corrected chi connectivity index (χ2v) is 8.64. The summed E-state index contributed by atoms with van der Waals surface area (Å²) in [5.41, 5.74) is 3.63. The fourth-order valence-corrected chi connectivity index (χ4v) is 4.19. The highest BCUT2D eigenvalue weighted by Crippen LogP contribution is 2.39. The molecule has 5 nitrogen and oxygen atoms in total. The Balaban J connectivity index is 1.74. The summed E-state index contributed by atoms with van der Waals surface area (Å²) in [5, 5.41) is 0.181. The molecule has 0 aliphatic rings. The summed E-state index contributed by atoms with van der Waals surface area (Å²) in [5.74, 6) is 0.0997. The van der Waals surface area contributed by atoms with Crippen molar-refractivity contribution in [3.05, 3.63) is 112 Å². The Labute approximate surface area is 226 Å². The molecule has 0 bridgehead atoms. The normalized spacial score (nSPS) is 11.1. The largest absolute Gasteiger partial charge is 0.493 e. The molecule has 38 heavy (non-hydrogen) atoms. The zero-order valence-corrected chi connectivity index (χ0v) is 21.9. The molecule has 0 radical (unpaired) electrons. The smallest absolute Gasteiger partial charge is 0.339 e. The van der Waals surface area contributed by atoms with E-state index in [2.05, 4.69) is 0 Å². The van der Waals surface area contributed by atoms with E-state index in [9.17, 15) is 9.18 Å². The Hall–Kier alpha value is -4.29. The molecule has 0 N–H and O–H groups in total. The lowest BCUT2D eigenvalue weighted by Crippen LogP contribution is -2.09. The molecule has 194 valence electrons. The van der Waals surface area contributed by atoms with Gasteiger partial charge in [-0.25, -0.2) is 9.18 Å². The van der Waals surface area contributed by atoms with Gasteiger partial charge in [-0.15, -0.1) is 0 Å². The van der Waals surface area contributed by atoms with Crippen LogP contribution in [0.2, 0.25) is 5.02 Å². The summed E-state index contributed by atoms with van der Waals surface area (Å²) >= 11 is 6.12. The minimum Gasteiger partial charge on any atom is -0.493 e. The number of carbonyl (C=O) groups is 1. The molecule has 0 aromatic heterocycles. The summed E-state index contributed by atoms with van der Waals surface area (Å²) < 4.78 is 36.1. The van der Waals surface area contributed by atoms with Gasteiger partial charge in [0.1, 0.15) is 12.4 Å². The molecular weight excluding hydrogens is 507 g/mol. The second kappa shape index (κ2) is 12.3. The molecule has 0 aliphatic carbocycles. The molecule has 0 spiro atoms. The van der Waals surface area contributed by atoms with Crippen LogP contribution in [-0.4, -0.2) is 27.3 Å². The van der Waals surface area contributed by atoms with Crippen LogP contribution in [0.1, 0.15) is 16.7 Å². The summed E-state index contributed by atoms with van der Waals surface area (Å²) in [6.45, 7) is -0.320. The van der Waals surface area contributed by atoms with Crippen LogP contribution in [-0.2, 0) is 16.1 Å². The van der Waals surface area contributed by atoms with E-state index < -0.39 is 11.8 Å². The van der Waals surface area contributed by atoms with Crippen molar-refractivity contribution < 1.29 is 28.1 Å². The average Bonchev–Trinajstić information content (AvgIpc) is 2.95. The molecule has 0 heterocycles. The zero-order valence-electron chi connectivity index (χ0n) is 21.2. The topological polar surface area (TPSA) is 54.0 Å². The Morgan fingerprint density at radius 2 is 1.45 bits per heavy atom. The third-order valence-electron chi connectivity index (χ3n) is 5.93. The molecule has 0 saturated heterocycles. The number of esters is 1. The third kappa shape index (κ3) is 5.98. The van der Waals surface area contributed by atoms with Gasteiger partial charge in [-0.3, -0.25) is 0 Å². The van der Waals surface area contributed by atoms with Crippen LogP contribution in [0, 0.1) is 5.82 Å². The van der Waals surface area contributed by atoms with Crippen LogP contribution < -0.4 is 14.2 Å². The maximum absolute atomic E-state index is 14.3. The molecule has 4 rings (SSSR count). The van der Waals surface area contributed by atoms with Crippen molar-refractivity contribution in [2.75, 3.05) is 21.3 Å². The van der Waals surface area contributed by atoms with E-state index in [1.165, 1.54) is 33.5 Å². The summed E-state index contributed by atoms with van der Waals surface area (Å²) in [6, 6.07) is 25.2.